The molecule has 5 heteroatoms. The van der Waals surface area contributed by atoms with Crippen LogP contribution in [-0.4, -0.2) is 19.6 Å². The highest BCUT2D eigenvalue weighted by Crippen LogP contribution is 2.22. The Hall–Kier alpha value is -1.54. The van der Waals surface area contributed by atoms with Gasteiger partial charge in [-0.3, -0.25) is 4.79 Å². The number of rotatable bonds is 4. The van der Waals surface area contributed by atoms with E-state index in [0.717, 1.165) is 0 Å². The van der Waals surface area contributed by atoms with Crippen LogP contribution in [0.5, 0.6) is 5.75 Å². The van der Waals surface area contributed by atoms with Crippen LogP contribution in [0.15, 0.2) is 22.7 Å². The fourth-order valence-electron chi connectivity index (χ4n) is 1.19. The van der Waals surface area contributed by atoms with Crippen LogP contribution >= 0.6 is 15.9 Å². The van der Waals surface area contributed by atoms with Gasteiger partial charge in [0, 0.05) is 11.0 Å². The van der Waals surface area contributed by atoms with Crippen LogP contribution in [0, 0.1) is 17.2 Å². The summed E-state index contributed by atoms with van der Waals surface area (Å²) in [5.41, 5.74) is 0.495. The van der Waals surface area contributed by atoms with Crippen molar-refractivity contribution in [2.45, 2.75) is 6.92 Å². The van der Waals surface area contributed by atoms with Crippen LogP contribution < -0.4 is 10.1 Å². The summed E-state index contributed by atoms with van der Waals surface area (Å²) in [4.78, 5) is 11.8. The molecule has 90 valence electrons. The van der Waals surface area contributed by atoms with Gasteiger partial charge in [0.1, 0.15) is 5.75 Å². The first kappa shape index (κ1) is 13.5. The fraction of sp³-hybridized carbons (Fsp3) is 0.333. The van der Waals surface area contributed by atoms with E-state index in [9.17, 15) is 4.79 Å². The lowest BCUT2D eigenvalue weighted by molar-refractivity contribution is 0.0949. The largest absolute Gasteiger partial charge is 0.497 e. The Morgan fingerprint density at radius 1 is 1.65 bits per heavy atom. The Morgan fingerprint density at radius 2 is 2.35 bits per heavy atom. The number of benzene rings is 1. The minimum Gasteiger partial charge on any atom is -0.497 e. The lowest BCUT2D eigenvalue weighted by Crippen LogP contribution is -2.28. The van der Waals surface area contributed by atoms with E-state index in [1.54, 1.807) is 32.2 Å². The summed E-state index contributed by atoms with van der Waals surface area (Å²) in [7, 11) is 1.54. The minimum absolute atomic E-state index is 0.205. The third-order valence-corrected chi connectivity index (χ3v) is 2.90. The monoisotopic (exact) mass is 296 g/mol. The van der Waals surface area contributed by atoms with Crippen LogP contribution in [0.4, 0.5) is 0 Å². The maximum Gasteiger partial charge on any atom is 0.252 e. The van der Waals surface area contributed by atoms with E-state index in [2.05, 4.69) is 27.3 Å². The molecule has 0 saturated heterocycles. The van der Waals surface area contributed by atoms with E-state index in [1.807, 2.05) is 0 Å². The Balaban J connectivity index is 2.78. The molecule has 0 bridgehead atoms. The van der Waals surface area contributed by atoms with Gasteiger partial charge < -0.3 is 10.1 Å². The number of amides is 1. The van der Waals surface area contributed by atoms with Crippen molar-refractivity contribution in [3.8, 4) is 11.8 Å². The van der Waals surface area contributed by atoms with E-state index in [0.29, 0.717) is 22.3 Å². The number of carbonyl (C=O) groups is 1. The van der Waals surface area contributed by atoms with Gasteiger partial charge in [-0.25, -0.2) is 0 Å². The summed E-state index contributed by atoms with van der Waals surface area (Å²) < 4.78 is 5.75. The summed E-state index contributed by atoms with van der Waals surface area (Å²) >= 11 is 3.30. The van der Waals surface area contributed by atoms with Crippen LogP contribution in [0.25, 0.3) is 0 Å². The maximum absolute atomic E-state index is 11.8. The van der Waals surface area contributed by atoms with Crippen molar-refractivity contribution in [3.05, 3.63) is 28.2 Å². The second-order valence-corrected chi connectivity index (χ2v) is 4.44. The highest BCUT2D eigenvalue weighted by molar-refractivity contribution is 9.10. The maximum atomic E-state index is 11.8. The predicted octanol–water partition coefficient (Wildman–Crippen LogP) is 2.35. The first-order chi connectivity index (χ1) is 8.08. The number of nitriles is 1. The van der Waals surface area contributed by atoms with Gasteiger partial charge in [-0.1, -0.05) is 0 Å². The van der Waals surface area contributed by atoms with E-state index < -0.39 is 0 Å². The molecule has 0 aromatic heterocycles. The Labute approximate surface area is 109 Å². The molecule has 0 saturated carbocycles. The molecule has 0 radical (unpaired) electrons. The molecule has 1 amide bonds. The molecule has 0 aliphatic rings. The third kappa shape index (κ3) is 3.75. The molecule has 0 spiro atoms. The zero-order valence-corrected chi connectivity index (χ0v) is 11.2. The predicted molar refractivity (Wildman–Crippen MR) is 67.8 cm³/mol. The molecular formula is C12H13BrN2O2. The van der Waals surface area contributed by atoms with Crippen molar-refractivity contribution in [2.24, 2.45) is 5.92 Å². The summed E-state index contributed by atoms with van der Waals surface area (Å²) in [5, 5.41) is 11.3. The summed E-state index contributed by atoms with van der Waals surface area (Å²) in [5.74, 6) is 0.188. The molecule has 0 aliphatic carbocycles. The second kappa shape index (κ2) is 6.26. The SMILES string of the molecule is COc1ccc(Br)c(C(=O)NCC(C)C#N)c1. The van der Waals surface area contributed by atoms with Gasteiger partial charge in [-0.15, -0.1) is 0 Å². The molecule has 0 fully saturated rings. The van der Waals surface area contributed by atoms with Crippen molar-refractivity contribution >= 4 is 21.8 Å². The highest BCUT2D eigenvalue weighted by Gasteiger charge is 2.12. The molecule has 1 unspecified atom stereocenters. The van der Waals surface area contributed by atoms with E-state index in [1.165, 1.54) is 0 Å². The molecule has 1 rings (SSSR count). The standard InChI is InChI=1S/C12H13BrN2O2/c1-8(6-14)7-15-12(16)10-5-9(17-2)3-4-11(10)13/h3-5,8H,7H2,1-2H3,(H,15,16). The number of hydrogen-bond donors (Lipinski definition) is 1. The van der Waals surface area contributed by atoms with Crippen LogP contribution in [0.1, 0.15) is 17.3 Å². The number of halogens is 1. The second-order valence-electron chi connectivity index (χ2n) is 3.59. The molecule has 1 aromatic carbocycles. The van der Waals surface area contributed by atoms with E-state index >= 15 is 0 Å². The normalized spacial score (nSPS) is 11.4. The van der Waals surface area contributed by atoms with E-state index in [-0.39, 0.29) is 11.8 Å². The zero-order valence-electron chi connectivity index (χ0n) is 9.66. The Morgan fingerprint density at radius 3 is 2.94 bits per heavy atom. The molecule has 1 atom stereocenters. The molecular weight excluding hydrogens is 284 g/mol. The number of ether oxygens (including phenoxy) is 1. The summed E-state index contributed by atoms with van der Waals surface area (Å²) in [6.07, 6.45) is 0. The van der Waals surface area contributed by atoms with Gasteiger partial charge in [-0.05, 0) is 41.1 Å². The molecule has 17 heavy (non-hydrogen) atoms. The van der Waals surface area contributed by atoms with Gasteiger partial charge >= 0.3 is 0 Å². The minimum atomic E-state index is -0.224. The lowest BCUT2D eigenvalue weighted by atomic mass is 10.1. The third-order valence-electron chi connectivity index (χ3n) is 2.21. The van der Waals surface area contributed by atoms with Crippen molar-refractivity contribution in [3.63, 3.8) is 0 Å². The first-order valence-corrected chi connectivity index (χ1v) is 5.89. The van der Waals surface area contributed by atoms with Crippen molar-refractivity contribution in [1.82, 2.24) is 5.32 Å². The lowest BCUT2D eigenvalue weighted by Gasteiger charge is -2.09. The van der Waals surface area contributed by atoms with Crippen molar-refractivity contribution in [2.75, 3.05) is 13.7 Å². The summed E-state index contributed by atoms with van der Waals surface area (Å²) in [6, 6.07) is 7.22. The van der Waals surface area contributed by atoms with Crippen molar-refractivity contribution in [1.29, 1.82) is 5.26 Å². The first-order valence-electron chi connectivity index (χ1n) is 5.09. The van der Waals surface area contributed by atoms with Gasteiger partial charge in [0.15, 0.2) is 0 Å². The molecule has 1 N–H and O–H groups in total. The van der Waals surface area contributed by atoms with Gasteiger partial charge in [-0.2, -0.15) is 5.26 Å². The fourth-order valence-corrected chi connectivity index (χ4v) is 1.62. The Bertz CT molecular complexity index is 454. The van der Waals surface area contributed by atoms with Crippen molar-refractivity contribution < 1.29 is 9.53 Å². The number of carbonyl (C=O) groups excluding carboxylic acids is 1. The van der Waals surface area contributed by atoms with Gasteiger partial charge in [0.05, 0.1) is 24.7 Å². The average molecular weight is 297 g/mol. The number of nitrogens with one attached hydrogen (secondary N) is 1. The average Bonchev–Trinajstić information content (AvgIpc) is 2.36. The highest BCUT2D eigenvalue weighted by atomic mass is 79.9. The topological polar surface area (TPSA) is 62.1 Å². The number of hydrogen-bond acceptors (Lipinski definition) is 3. The van der Waals surface area contributed by atoms with Gasteiger partial charge in [0.25, 0.3) is 5.91 Å². The quantitative estimate of drug-likeness (QED) is 0.928. The molecule has 0 aliphatic heterocycles. The molecule has 0 heterocycles. The number of nitrogens with zero attached hydrogens (tertiary/aromatic N) is 1. The number of methoxy groups -OCH3 is 1. The van der Waals surface area contributed by atoms with Crippen LogP contribution in [0.3, 0.4) is 0 Å². The zero-order chi connectivity index (χ0) is 12.8. The Kier molecular flexibility index (Phi) is 4.98. The smallest absolute Gasteiger partial charge is 0.252 e. The van der Waals surface area contributed by atoms with E-state index in [4.69, 9.17) is 10.00 Å². The molecule has 4 nitrogen and oxygen atoms in total. The van der Waals surface area contributed by atoms with Crippen LogP contribution in [-0.2, 0) is 0 Å². The summed E-state index contributed by atoms with van der Waals surface area (Å²) in [6.45, 7) is 2.08. The van der Waals surface area contributed by atoms with Crippen LogP contribution in [0.2, 0.25) is 0 Å². The van der Waals surface area contributed by atoms with Gasteiger partial charge in [0.2, 0.25) is 0 Å². The molecule has 1 aromatic rings.